The van der Waals surface area contributed by atoms with Crippen molar-refractivity contribution in [3.63, 3.8) is 0 Å². The van der Waals surface area contributed by atoms with Gasteiger partial charge in [0.25, 0.3) is 0 Å². The van der Waals surface area contributed by atoms with Gasteiger partial charge in [-0.25, -0.2) is 0 Å². The van der Waals surface area contributed by atoms with Crippen LogP contribution in [0.4, 0.5) is 0 Å². The van der Waals surface area contributed by atoms with Gasteiger partial charge in [0.15, 0.2) is 0 Å². The topological polar surface area (TPSA) is 43.8 Å². The highest BCUT2D eigenvalue weighted by atomic mass is 15.3. The van der Waals surface area contributed by atoms with Crippen LogP contribution < -0.4 is 5.73 Å². The third kappa shape index (κ3) is 2.49. The normalized spacial score (nSPS) is 12.2. The van der Waals surface area contributed by atoms with Crippen molar-refractivity contribution in [1.29, 1.82) is 0 Å². The molecule has 0 aliphatic carbocycles. The highest BCUT2D eigenvalue weighted by molar-refractivity contribution is 5.61. The molecule has 20 heavy (non-hydrogen) atoms. The maximum Gasteiger partial charge on any atom is 0.0890 e. The quantitative estimate of drug-likeness (QED) is 0.786. The summed E-state index contributed by atoms with van der Waals surface area (Å²) in [4.78, 5) is 0. The van der Waals surface area contributed by atoms with Crippen LogP contribution in [0.2, 0.25) is 0 Å². The molecule has 1 unspecified atom stereocenters. The number of nitrogens with two attached hydrogens (primary N) is 1. The summed E-state index contributed by atoms with van der Waals surface area (Å²) in [6, 6.07) is 20.6. The van der Waals surface area contributed by atoms with E-state index >= 15 is 0 Å². The molecule has 1 atom stereocenters. The third-order valence-electron chi connectivity index (χ3n) is 3.44. The molecule has 100 valence electrons. The van der Waals surface area contributed by atoms with Crippen molar-refractivity contribution in [3.05, 3.63) is 78.6 Å². The largest absolute Gasteiger partial charge is 0.328 e. The number of aromatic nitrogens is 2. The van der Waals surface area contributed by atoms with E-state index in [0.29, 0.717) is 6.54 Å². The van der Waals surface area contributed by atoms with Gasteiger partial charge in [0, 0.05) is 18.3 Å². The Hall–Kier alpha value is -2.39. The van der Waals surface area contributed by atoms with Gasteiger partial charge in [-0.3, -0.25) is 4.68 Å². The summed E-state index contributed by atoms with van der Waals surface area (Å²) in [6.07, 6.45) is 3.95. The second kappa shape index (κ2) is 5.72. The van der Waals surface area contributed by atoms with Gasteiger partial charge in [0.05, 0.1) is 12.2 Å². The van der Waals surface area contributed by atoms with E-state index in [-0.39, 0.29) is 6.04 Å². The fraction of sp³-hybridized carbons (Fsp3) is 0.118. The van der Waals surface area contributed by atoms with E-state index in [9.17, 15) is 0 Å². The lowest BCUT2D eigenvalue weighted by Gasteiger charge is -2.15. The van der Waals surface area contributed by atoms with Gasteiger partial charge in [-0.05, 0) is 11.1 Å². The van der Waals surface area contributed by atoms with Crippen molar-refractivity contribution in [2.75, 3.05) is 6.54 Å². The number of nitrogens with zero attached hydrogens (tertiary/aromatic N) is 2. The van der Waals surface area contributed by atoms with Crippen LogP contribution in [-0.4, -0.2) is 16.3 Å². The van der Waals surface area contributed by atoms with Crippen molar-refractivity contribution in [3.8, 4) is 11.1 Å². The Labute approximate surface area is 118 Å². The first kappa shape index (κ1) is 12.6. The van der Waals surface area contributed by atoms with Crippen molar-refractivity contribution in [2.45, 2.75) is 6.04 Å². The maximum atomic E-state index is 5.92. The number of hydrogen-bond acceptors (Lipinski definition) is 2. The fourth-order valence-corrected chi connectivity index (χ4v) is 2.36. The molecule has 2 N–H and O–H groups in total. The molecule has 3 heteroatoms. The van der Waals surface area contributed by atoms with E-state index < -0.39 is 0 Å². The fourth-order valence-electron chi connectivity index (χ4n) is 2.36. The smallest absolute Gasteiger partial charge is 0.0890 e. The average molecular weight is 263 g/mol. The molecule has 0 spiro atoms. The minimum Gasteiger partial charge on any atom is -0.328 e. The number of rotatable bonds is 4. The molecule has 1 heterocycles. The predicted octanol–water partition coefficient (Wildman–Crippen LogP) is 3.10. The van der Waals surface area contributed by atoms with Crippen LogP contribution in [0.1, 0.15) is 11.6 Å². The predicted molar refractivity (Wildman–Crippen MR) is 81.3 cm³/mol. The Morgan fingerprint density at radius 1 is 0.900 bits per heavy atom. The second-order valence-corrected chi connectivity index (χ2v) is 4.74. The van der Waals surface area contributed by atoms with Gasteiger partial charge >= 0.3 is 0 Å². The molecular formula is C17H17N3. The van der Waals surface area contributed by atoms with Crippen LogP contribution in [0.15, 0.2) is 73.1 Å². The molecule has 0 saturated heterocycles. The van der Waals surface area contributed by atoms with E-state index in [1.165, 1.54) is 11.1 Å². The zero-order chi connectivity index (χ0) is 13.8. The Morgan fingerprint density at radius 3 is 2.20 bits per heavy atom. The van der Waals surface area contributed by atoms with Crippen molar-refractivity contribution in [2.24, 2.45) is 5.73 Å². The summed E-state index contributed by atoms with van der Waals surface area (Å²) in [6.45, 7) is 0.528. The monoisotopic (exact) mass is 263 g/mol. The molecule has 3 nitrogen and oxygen atoms in total. The third-order valence-corrected chi connectivity index (χ3v) is 3.44. The van der Waals surface area contributed by atoms with Crippen LogP contribution in [0.3, 0.4) is 0 Å². The van der Waals surface area contributed by atoms with Crippen LogP contribution in [0.25, 0.3) is 11.1 Å². The van der Waals surface area contributed by atoms with Gasteiger partial charge in [0.1, 0.15) is 0 Å². The summed E-state index contributed by atoms with van der Waals surface area (Å²) in [5.74, 6) is 0. The minimum absolute atomic E-state index is 0.0775. The molecule has 0 saturated carbocycles. The molecular weight excluding hydrogens is 246 g/mol. The van der Waals surface area contributed by atoms with Crippen molar-refractivity contribution >= 4 is 0 Å². The summed E-state index contributed by atoms with van der Waals surface area (Å²) in [5, 5.41) is 4.48. The SMILES string of the molecule is NCC(c1ccccc1)n1cc(-c2ccccc2)cn1. The van der Waals surface area contributed by atoms with E-state index in [4.69, 9.17) is 5.73 Å². The molecule has 1 aromatic heterocycles. The van der Waals surface area contributed by atoms with E-state index in [1.807, 2.05) is 47.3 Å². The zero-order valence-corrected chi connectivity index (χ0v) is 11.2. The van der Waals surface area contributed by atoms with Crippen LogP contribution in [0.5, 0.6) is 0 Å². The lowest BCUT2D eigenvalue weighted by Crippen LogP contribution is -2.20. The Balaban J connectivity index is 1.93. The van der Waals surface area contributed by atoms with Gasteiger partial charge in [-0.15, -0.1) is 0 Å². The molecule has 3 aromatic rings. The van der Waals surface area contributed by atoms with Crippen LogP contribution in [-0.2, 0) is 0 Å². The van der Waals surface area contributed by atoms with Gasteiger partial charge in [-0.2, -0.15) is 5.10 Å². The lowest BCUT2D eigenvalue weighted by atomic mass is 10.1. The summed E-state index contributed by atoms with van der Waals surface area (Å²) in [7, 11) is 0. The first-order valence-electron chi connectivity index (χ1n) is 6.73. The Morgan fingerprint density at radius 2 is 1.55 bits per heavy atom. The number of hydrogen-bond donors (Lipinski definition) is 1. The Bertz CT molecular complexity index is 659. The minimum atomic E-state index is 0.0775. The molecule has 3 rings (SSSR count). The standard InChI is InChI=1S/C17H17N3/c18-11-17(15-9-5-2-6-10-15)20-13-16(12-19-20)14-7-3-1-4-8-14/h1-10,12-13,17H,11,18H2. The summed E-state index contributed by atoms with van der Waals surface area (Å²) >= 11 is 0. The average Bonchev–Trinajstić information content (AvgIpc) is 3.00. The molecule has 0 aliphatic rings. The van der Waals surface area contributed by atoms with Crippen LogP contribution in [0, 0.1) is 0 Å². The zero-order valence-electron chi connectivity index (χ0n) is 11.2. The second-order valence-electron chi connectivity index (χ2n) is 4.74. The summed E-state index contributed by atoms with van der Waals surface area (Å²) in [5.41, 5.74) is 9.38. The highest BCUT2D eigenvalue weighted by Crippen LogP contribution is 2.22. The van der Waals surface area contributed by atoms with E-state index in [0.717, 1.165) is 5.56 Å². The highest BCUT2D eigenvalue weighted by Gasteiger charge is 2.13. The Kier molecular flexibility index (Phi) is 3.61. The molecule has 0 radical (unpaired) electrons. The lowest BCUT2D eigenvalue weighted by molar-refractivity contribution is 0.532. The number of benzene rings is 2. The van der Waals surface area contributed by atoms with Gasteiger partial charge in [-0.1, -0.05) is 60.7 Å². The van der Waals surface area contributed by atoms with Crippen molar-refractivity contribution in [1.82, 2.24) is 9.78 Å². The van der Waals surface area contributed by atoms with E-state index in [1.54, 1.807) is 0 Å². The first-order chi connectivity index (χ1) is 9.88. The van der Waals surface area contributed by atoms with Gasteiger partial charge in [0.2, 0.25) is 0 Å². The first-order valence-corrected chi connectivity index (χ1v) is 6.73. The molecule has 0 fully saturated rings. The van der Waals surface area contributed by atoms with Gasteiger partial charge < -0.3 is 5.73 Å². The molecule has 0 bridgehead atoms. The van der Waals surface area contributed by atoms with E-state index in [2.05, 4.69) is 35.6 Å². The molecule has 0 amide bonds. The molecule has 0 aliphatic heterocycles. The molecule has 2 aromatic carbocycles. The van der Waals surface area contributed by atoms with Crippen molar-refractivity contribution < 1.29 is 0 Å². The maximum absolute atomic E-state index is 5.92. The summed E-state index contributed by atoms with van der Waals surface area (Å²) < 4.78 is 1.94. The van der Waals surface area contributed by atoms with Crippen LogP contribution >= 0.6 is 0 Å².